The molecule has 3 unspecified atom stereocenters. The van der Waals surface area contributed by atoms with Gasteiger partial charge in [0.1, 0.15) is 23.9 Å². The molecule has 0 saturated carbocycles. The van der Waals surface area contributed by atoms with Gasteiger partial charge in [0.2, 0.25) is 17.7 Å². The largest absolute Gasteiger partial charge is 0.508 e. The van der Waals surface area contributed by atoms with Gasteiger partial charge < -0.3 is 48.3 Å². The Morgan fingerprint density at radius 2 is 1.63 bits per heavy atom. The number of nitrogens with zero attached hydrogens (tertiary/aromatic N) is 2. The lowest BCUT2D eigenvalue weighted by atomic mass is 10.0. The van der Waals surface area contributed by atoms with E-state index in [1.165, 1.54) is 24.7 Å². The van der Waals surface area contributed by atoms with Crippen molar-refractivity contribution in [2.75, 3.05) is 13.1 Å². The predicted octanol–water partition coefficient (Wildman–Crippen LogP) is -2.55. The fraction of sp³-hybridized carbons (Fsp3) is 0.391. The lowest BCUT2D eigenvalue weighted by Gasteiger charge is -2.24. The number of carboxylic acids is 1. The number of aromatic nitrogens is 2. The van der Waals surface area contributed by atoms with Crippen molar-refractivity contribution in [2.24, 2.45) is 22.2 Å². The van der Waals surface area contributed by atoms with Crippen LogP contribution in [0.4, 0.5) is 0 Å². The Hall–Kier alpha value is -4.66. The lowest BCUT2D eigenvalue weighted by Crippen LogP contribution is -2.57. The van der Waals surface area contributed by atoms with Crippen molar-refractivity contribution < 1.29 is 29.4 Å². The van der Waals surface area contributed by atoms with Crippen molar-refractivity contribution in [1.82, 2.24) is 25.9 Å². The van der Waals surface area contributed by atoms with E-state index < -0.39 is 41.8 Å². The second-order valence-electron chi connectivity index (χ2n) is 8.39. The van der Waals surface area contributed by atoms with Gasteiger partial charge in [-0.05, 0) is 30.5 Å². The highest BCUT2D eigenvalue weighted by Crippen LogP contribution is 2.12. The maximum atomic E-state index is 13.2. The van der Waals surface area contributed by atoms with Gasteiger partial charge in [0.15, 0.2) is 5.96 Å². The summed E-state index contributed by atoms with van der Waals surface area (Å²) in [7, 11) is 0. The molecule has 0 fully saturated rings. The number of phenolic OH excluding ortho intramolecular Hbond substituents is 1. The lowest BCUT2D eigenvalue weighted by molar-refractivity contribution is -0.142. The maximum absolute atomic E-state index is 13.2. The summed E-state index contributed by atoms with van der Waals surface area (Å²) in [5, 5.41) is 26.7. The van der Waals surface area contributed by atoms with Crippen LogP contribution in [-0.4, -0.2) is 81.0 Å². The summed E-state index contributed by atoms with van der Waals surface area (Å²) in [6.45, 7) is -0.154. The molecule has 0 saturated heterocycles. The van der Waals surface area contributed by atoms with Gasteiger partial charge in [-0.25, -0.2) is 9.78 Å². The van der Waals surface area contributed by atoms with Crippen LogP contribution in [0.3, 0.4) is 0 Å². The van der Waals surface area contributed by atoms with E-state index in [1.807, 2.05) is 0 Å². The van der Waals surface area contributed by atoms with Crippen LogP contribution >= 0.6 is 0 Å². The Kier molecular flexibility index (Phi) is 11.5. The van der Waals surface area contributed by atoms with Gasteiger partial charge in [-0.1, -0.05) is 12.1 Å². The first-order chi connectivity index (χ1) is 18.1. The number of hydrogen-bond donors (Lipinski definition) is 9. The molecule has 0 aliphatic heterocycles. The number of carbonyl (C=O) groups is 4. The predicted molar refractivity (Wildman–Crippen MR) is 136 cm³/mol. The number of hydrogen-bond acceptors (Lipinski definition) is 8. The zero-order valence-corrected chi connectivity index (χ0v) is 20.6. The summed E-state index contributed by atoms with van der Waals surface area (Å²) < 4.78 is 0. The smallest absolute Gasteiger partial charge is 0.326 e. The third kappa shape index (κ3) is 10.1. The molecule has 0 bridgehead atoms. The molecule has 15 nitrogen and oxygen atoms in total. The van der Waals surface area contributed by atoms with E-state index in [0.29, 0.717) is 17.7 Å². The molecule has 0 spiro atoms. The quantitative estimate of drug-likeness (QED) is 0.0659. The molecule has 1 heterocycles. The molecule has 0 radical (unpaired) electrons. The highest BCUT2D eigenvalue weighted by atomic mass is 16.4. The van der Waals surface area contributed by atoms with Gasteiger partial charge in [0, 0.05) is 31.3 Å². The average molecular weight is 532 g/mol. The number of benzene rings is 1. The Bertz CT molecular complexity index is 1100. The van der Waals surface area contributed by atoms with E-state index in [0.717, 1.165) is 0 Å². The van der Waals surface area contributed by atoms with Crippen LogP contribution < -0.4 is 33.2 Å². The molecule has 0 aliphatic carbocycles. The van der Waals surface area contributed by atoms with Crippen LogP contribution in [0.1, 0.15) is 24.1 Å². The molecule has 38 heavy (non-hydrogen) atoms. The molecular weight excluding hydrogens is 498 g/mol. The molecule has 2 rings (SSSR count). The van der Waals surface area contributed by atoms with Gasteiger partial charge >= 0.3 is 5.97 Å². The minimum absolute atomic E-state index is 0.00891. The van der Waals surface area contributed by atoms with Crippen molar-refractivity contribution in [3.8, 4) is 5.75 Å². The standard InChI is InChI=1S/C23H33N9O6/c24-10-19(34)30-16(2-1-7-28-23(25)26)20(35)31-17(8-13-3-5-15(33)6-4-13)21(36)32-18(22(37)38)9-14-11-27-12-29-14/h3-6,11-12,16-18,33H,1-2,7-10,24H2,(H,27,29)(H,30,34)(H,31,35)(H,32,36)(H,37,38)(H4,25,26,28). The zero-order chi connectivity index (χ0) is 28.1. The van der Waals surface area contributed by atoms with Gasteiger partial charge in [-0.2, -0.15) is 0 Å². The topological polar surface area (TPSA) is 264 Å². The monoisotopic (exact) mass is 531 g/mol. The number of aromatic amines is 1. The minimum atomic E-state index is -1.31. The molecule has 1 aromatic heterocycles. The summed E-state index contributed by atoms with van der Waals surface area (Å²) in [4.78, 5) is 60.6. The number of nitrogens with two attached hydrogens (primary N) is 3. The third-order valence-electron chi connectivity index (χ3n) is 5.39. The van der Waals surface area contributed by atoms with Crippen molar-refractivity contribution >= 4 is 29.7 Å². The molecule has 3 amide bonds. The van der Waals surface area contributed by atoms with Gasteiger partial charge in [0.25, 0.3) is 0 Å². The number of amides is 3. The van der Waals surface area contributed by atoms with Crippen LogP contribution in [0.5, 0.6) is 5.75 Å². The summed E-state index contributed by atoms with van der Waals surface area (Å²) in [5.41, 5.74) is 17.1. The highest BCUT2D eigenvalue weighted by Gasteiger charge is 2.30. The number of aromatic hydroxyl groups is 1. The molecule has 0 aliphatic rings. The van der Waals surface area contributed by atoms with E-state index in [4.69, 9.17) is 17.2 Å². The van der Waals surface area contributed by atoms with E-state index in [1.54, 1.807) is 12.1 Å². The molecule has 1 aromatic carbocycles. The second-order valence-corrected chi connectivity index (χ2v) is 8.39. The second kappa shape index (κ2) is 14.8. The summed E-state index contributed by atoms with van der Waals surface area (Å²) in [6, 6.07) is 2.36. The number of rotatable bonds is 15. The molecule has 12 N–H and O–H groups in total. The first-order valence-electron chi connectivity index (χ1n) is 11.7. The fourth-order valence-corrected chi connectivity index (χ4v) is 3.46. The van der Waals surface area contributed by atoms with Crippen LogP contribution in [0, 0.1) is 0 Å². The number of guanidine groups is 1. The third-order valence-corrected chi connectivity index (χ3v) is 5.39. The average Bonchev–Trinajstić information content (AvgIpc) is 3.39. The van der Waals surface area contributed by atoms with E-state index in [2.05, 4.69) is 30.9 Å². The number of aliphatic imine (C=N–C) groups is 1. The van der Waals surface area contributed by atoms with Crippen LogP contribution in [-0.2, 0) is 32.0 Å². The van der Waals surface area contributed by atoms with Crippen molar-refractivity contribution in [2.45, 2.75) is 43.8 Å². The Labute approximate surface area is 218 Å². The van der Waals surface area contributed by atoms with Crippen molar-refractivity contribution in [3.05, 3.63) is 48.0 Å². The van der Waals surface area contributed by atoms with Gasteiger partial charge in [-0.15, -0.1) is 0 Å². The maximum Gasteiger partial charge on any atom is 0.326 e. The van der Waals surface area contributed by atoms with Crippen molar-refractivity contribution in [1.29, 1.82) is 0 Å². The zero-order valence-electron chi connectivity index (χ0n) is 20.6. The Balaban J connectivity index is 2.22. The van der Waals surface area contributed by atoms with Gasteiger partial charge in [0.05, 0.1) is 12.9 Å². The molecule has 2 aromatic rings. The van der Waals surface area contributed by atoms with Crippen molar-refractivity contribution in [3.63, 3.8) is 0 Å². The highest BCUT2D eigenvalue weighted by molar-refractivity contribution is 5.93. The van der Waals surface area contributed by atoms with Crippen LogP contribution in [0.15, 0.2) is 41.8 Å². The Morgan fingerprint density at radius 1 is 0.974 bits per heavy atom. The summed E-state index contributed by atoms with van der Waals surface area (Å²) >= 11 is 0. The SMILES string of the molecule is NCC(=O)NC(CCCN=C(N)N)C(=O)NC(Cc1ccc(O)cc1)C(=O)NC(Cc1cnc[nH]1)C(=O)O. The Morgan fingerprint density at radius 3 is 2.21 bits per heavy atom. The number of aliphatic carboxylic acids is 1. The van der Waals surface area contributed by atoms with Crippen LogP contribution in [0.2, 0.25) is 0 Å². The number of carbonyl (C=O) groups excluding carboxylic acids is 3. The first kappa shape index (κ1) is 29.6. The summed E-state index contributed by atoms with van der Waals surface area (Å²) in [6.07, 6.45) is 3.19. The minimum Gasteiger partial charge on any atom is -0.508 e. The number of nitrogens with one attached hydrogen (secondary N) is 4. The number of carboxylic acid groups (broad SMARTS) is 1. The van der Waals surface area contributed by atoms with Gasteiger partial charge in [-0.3, -0.25) is 19.4 Å². The molecular formula is C23H33N9O6. The summed E-state index contributed by atoms with van der Waals surface area (Å²) in [5.74, 6) is -3.42. The first-order valence-corrected chi connectivity index (χ1v) is 11.7. The number of H-pyrrole nitrogens is 1. The van der Waals surface area contributed by atoms with E-state index in [9.17, 15) is 29.4 Å². The number of phenols is 1. The number of imidazole rings is 1. The fourth-order valence-electron chi connectivity index (χ4n) is 3.46. The molecule has 206 valence electrons. The van der Waals surface area contributed by atoms with E-state index in [-0.39, 0.29) is 44.1 Å². The normalized spacial score (nSPS) is 13.0. The van der Waals surface area contributed by atoms with E-state index >= 15 is 0 Å². The molecule has 3 atom stereocenters. The molecule has 15 heteroatoms. The van der Waals surface area contributed by atoms with Crippen LogP contribution in [0.25, 0.3) is 0 Å².